The van der Waals surface area contributed by atoms with E-state index in [-0.39, 0.29) is 5.97 Å². The van der Waals surface area contributed by atoms with Gasteiger partial charge in [-0.2, -0.15) is 0 Å². The number of methoxy groups -OCH3 is 1. The fourth-order valence-corrected chi connectivity index (χ4v) is 2.13. The van der Waals surface area contributed by atoms with Gasteiger partial charge in [0.25, 0.3) is 0 Å². The zero-order chi connectivity index (χ0) is 13.6. The number of anilines is 1. The summed E-state index contributed by atoms with van der Waals surface area (Å²) < 4.78 is 4.85. The molecule has 1 atom stereocenters. The summed E-state index contributed by atoms with van der Waals surface area (Å²) in [5, 5.41) is 4.00. The molecule has 6 heteroatoms. The molecule has 18 heavy (non-hydrogen) atoms. The zero-order valence-electron chi connectivity index (χ0n) is 11.2. The highest BCUT2D eigenvalue weighted by Gasteiger charge is 2.33. The molecule has 0 aliphatic rings. The molecule has 100 valence electrons. The van der Waals surface area contributed by atoms with Crippen molar-refractivity contribution >= 4 is 23.5 Å². The van der Waals surface area contributed by atoms with Crippen LogP contribution in [0.1, 0.15) is 26.7 Å². The molecule has 0 fully saturated rings. The number of rotatable bonds is 6. The normalized spacial score (nSPS) is 13.8. The number of nitrogens with one attached hydrogen (secondary N) is 1. The Hall–Kier alpha value is -1.30. The summed E-state index contributed by atoms with van der Waals surface area (Å²) in [6.45, 7) is 3.85. The number of thioether (sulfide) groups is 1. The molecule has 1 rings (SSSR count). The minimum atomic E-state index is -0.756. The van der Waals surface area contributed by atoms with E-state index < -0.39 is 5.54 Å². The second-order valence-corrected chi connectivity index (χ2v) is 4.97. The van der Waals surface area contributed by atoms with Crippen LogP contribution in [0.5, 0.6) is 0 Å². The summed E-state index contributed by atoms with van der Waals surface area (Å²) in [6.07, 6.45) is 4.98. The second kappa shape index (κ2) is 6.58. The van der Waals surface area contributed by atoms with E-state index in [1.54, 1.807) is 0 Å². The fourth-order valence-electron chi connectivity index (χ4n) is 1.74. The Bertz CT molecular complexity index is 414. The number of aromatic nitrogens is 2. The third-order valence-electron chi connectivity index (χ3n) is 2.64. The number of carbonyl (C=O) groups is 1. The Morgan fingerprint density at radius 2 is 2.28 bits per heavy atom. The summed E-state index contributed by atoms with van der Waals surface area (Å²) in [7, 11) is 1.39. The van der Waals surface area contributed by atoms with E-state index in [1.165, 1.54) is 25.2 Å². The molecule has 1 N–H and O–H groups in total. The molecule has 0 amide bonds. The minimum Gasteiger partial charge on any atom is -0.467 e. The quantitative estimate of drug-likeness (QED) is 0.486. The number of nitrogens with zero attached hydrogens (tertiary/aromatic N) is 2. The van der Waals surface area contributed by atoms with E-state index in [4.69, 9.17) is 4.74 Å². The highest BCUT2D eigenvalue weighted by molar-refractivity contribution is 7.98. The third kappa shape index (κ3) is 3.60. The Morgan fingerprint density at radius 3 is 2.83 bits per heavy atom. The molecule has 1 unspecified atom stereocenters. The van der Waals surface area contributed by atoms with E-state index in [1.807, 2.05) is 26.2 Å². The molecule has 0 spiro atoms. The highest BCUT2D eigenvalue weighted by atomic mass is 32.2. The predicted octanol–water partition coefficient (Wildman–Crippen LogP) is 2.34. The maximum Gasteiger partial charge on any atom is 0.331 e. The number of ether oxygens (including phenoxy) is 1. The topological polar surface area (TPSA) is 64.1 Å². The summed E-state index contributed by atoms with van der Waals surface area (Å²) >= 11 is 1.53. The highest BCUT2D eigenvalue weighted by Crippen LogP contribution is 2.22. The number of hydrogen-bond acceptors (Lipinski definition) is 6. The Kier molecular flexibility index (Phi) is 5.40. The average Bonchev–Trinajstić information content (AvgIpc) is 2.38. The number of esters is 1. The number of carbonyl (C=O) groups excluding carboxylic acids is 1. The van der Waals surface area contributed by atoms with Gasteiger partial charge in [-0.25, -0.2) is 14.8 Å². The summed E-state index contributed by atoms with van der Waals surface area (Å²) in [4.78, 5) is 20.1. The smallest absolute Gasteiger partial charge is 0.331 e. The van der Waals surface area contributed by atoms with Gasteiger partial charge < -0.3 is 10.1 Å². The van der Waals surface area contributed by atoms with Gasteiger partial charge in [-0.3, -0.25) is 0 Å². The van der Waals surface area contributed by atoms with Crippen molar-refractivity contribution in [1.29, 1.82) is 0 Å². The molecule has 0 aliphatic carbocycles. The maximum atomic E-state index is 11.8. The van der Waals surface area contributed by atoms with Crippen LogP contribution in [-0.2, 0) is 9.53 Å². The Labute approximate surface area is 112 Å². The molecule has 1 aromatic rings. The van der Waals surface area contributed by atoms with E-state index in [0.29, 0.717) is 12.2 Å². The van der Waals surface area contributed by atoms with Crippen molar-refractivity contribution in [2.75, 3.05) is 18.7 Å². The molecule has 0 radical (unpaired) electrons. The second-order valence-electron chi connectivity index (χ2n) is 4.14. The molecule has 0 saturated carbocycles. The first-order valence-corrected chi connectivity index (χ1v) is 7.01. The van der Waals surface area contributed by atoms with Gasteiger partial charge in [0.2, 0.25) is 0 Å². The van der Waals surface area contributed by atoms with Crippen LogP contribution in [0.4, 0.5) is 5.82 Å². The summed E-state index contributed by atoms with van der Waals surface area (Å²) in [5.74, 6) is 0.351. The molecule has 0 saturated heterocycles. The van der Waals surface area contributed by atoms with Crippen LogP contribution in [0, 0.1) is 0 Å². The van der Waals surface area contributed by atoms with E-state index in [2.05, 4.69) is 15.3 Å². The zero-order valence-corrected chi connectivity index (χ0v) is 12.0. The molecule has 0 aromatic carbocycles. The molecule has 0 bridgehead atoms. The first kappa shape index (κ1) is 14.8. The first-order valence-electron chi connectivity index (χ1n) is 5.78. The standard InChI is InChI=1S/C12H19N3O2S/c1-5-6-12(2,11(16)17-3)15-9-7-10(18-4)14-8-13-9/h7-8H,5-6H2,1-4H3,(H,13,14,15). The maximum absolute atomic E-state index is 11.8. The lowest BCUT2D eigenvalue weighted by Gasteiger charge is -2.28. The van der Waals surface area contributed by atoms with Crippen molar-refractivity contribution in [1.82, 2.24) is 9.97 Å². The summed E-state index contributed by atoms with van der Waals surface area (Å²) in [5.41, 5.74) is -0.756. The lowest BCUT2D eigenvalue weighted by molar-refractivity contribution is -0.145. The van der Waals surface area contributed by atoms with Gasteiger partial charge in [0.15, 0.2) is 0 Å². The van der Waals surface area contributed by atoms with Crippen LogP contribution in [0.25, 0.3) is 0 Å². The first-order chi connectivity index (χ1) is 8.55. The molecule has 5 nitrogen and oxygen atoms in total. The van der Waals surface area contributed by atoms with Gasteiger partial charge in [0.1, 0.15) is 22.7 Å². The van der Waals surface area contributed by atoms with Crippen LogP contribution >= 0.6 is 11.8 Å². The van der Waals surface area contributed by atoms with Gasteiger partial charge in [-0.1, -0.05) is 13.3 Å². The molecular weight excluding hydrogens is 250 g/mol. The average molecular weight is 269 g/mol. The SMILES string of the molecule is CCCC(C)(Nc1cc(SC)ncn1)C(=O)OC. The molecule has 1 heterocycles. The van der Waals surface area contributed by atoms with Crippen molar-refractivity contribution < 1.29 is 9.53 Å². The van der Waals surface area contributed by atoms with Crippen molar-refractivity contribution in [3.8, 4) is 0 Å². The van der Waals surface area contributed by atoms with Crippen molar-refractivity contribution in [2.24, 2.45) is 0 Å². The lowest BCUT2D eigenvalue weighted by Crippen LogP contribution is -2.44. The number of hydrogen-bond donors (Lipinski definition) is 1. The van der Waals surface area contributed by atoms with E-state index in [9.17, 15) is 4.79 Å². The van der Waals surface area contributed by atoms with Crippen LogP contribution < -0.4 is 5.32 Å². The van der Waals surface area contributed by atoms with Crippen molar-refractivity contribution in [3.63, 3.8) is 0 Å². The van der Waals surface area contributed by atoms with Gasteiger partial charge in [0.05, 0.1) is 7.11 Å². The van der Waals surface area contributed by atoms with Gasteiger partial charge >= 0.3 is 5.97 Å². The van der Waals surface area contributed by atoms with Crippen LogP contribution in [0.3, 0.4) is 0 Å². The third-order valence-corrected chi connectivity index (χ3v) is 3.28. The van der Waals surface area contributed by atoms with Gasteiger partial charge in [0, 0.05) is 6.07 Å². The van der Waals surface area contributed by atoms with Gasteiger partial charge in [-0.05, 0) is 19.6 Å². The predicted molar refractivity (Wildman–Crippen MR) is 72.8 cm³/mol. The van der Waals surface area contributed by atoms with Crippen LogP contribution in [0.2, 0.25) is 0 Å². The molecular formula is C12H19N3O2S. The Morgan fingerprint density at radius 1 is 1.56 bits per heavy atom. The minimum absolute atomic E-state index is 0.284. The fraction of sp³-hybridized carbons (Fsp3) is 0.583. The monoisotopic (exact) mass is 269 g/mol. The summed E-state index contributed by atoms with van der Waals surface area (Å²) in [6, 6.07) is 1.82. The lowest BCUT2D eigenvalue weighted by atomic mass is 9.96. The van der Waals surface area contributed by atoms with E-state index >= 15 is 0 Å². The van der Waals surface area contributed by atoms with Crippen LogP contribution in [-0.4, -0.2) is 34.8 Å². The van der Waals surface area contributed by atoms with Crippen molar-refractivity contribution in [2.45, 2.75) is 37.3 Å². The largest absolute Gasteiger partial charge is 0.467 e. The van der Waals surface area contributed by atoms with E-state index in [0.717, 1.165) is 11.4 Å². The molecule has 1 aromatic heterocycles. The van der Waals surface area contributed by atoms with Crippen LogP contribution in [0.15, 0.2) is 17.4 Å². The van der Waals surface area contributed by atoms with Crippen molar-refractivity contribution in [3.05, 3.63) is 12.4 Å². The Balaban J connectivity index is 2.92. The molecule has 0 aliphatic heterocycles. The van der Waals surface area contributed by atoms with Gasteiger partial charge in [-0.15, -0.1) is 11.8 Å².